The molecule has 1 saturated heterocycles. The van der Waals surface area contributed by atoms with Crippen LogP contribution < -0.4 is 0 Å². The molecule has 0 N–H and O–H groups in total. The summed E-state index contributed by atoms with van der Waals surface area (Å²) in [5, 5.41) is 4.08. The van der Waals surface area contributed by atoms with Crippen molar-refractivity contribution in [3.05, 3.63) is 22.9 Å². The molecule has 118 valence electrons. The van der Waals surface area contributed by atoms with Crippen LogP contribution in [0, 0.1) is 0 Å². The van der Waals surface area contributed by atoms with Crippen molar-refractivity contribution in [1.82, 2.24) is 4.90 Å². The number of ether oxygens (including phenoxy) is 1. The van der Waals surface area contributed by atoms with Gasteiger partial charge < -0.3 is 4.74 Å². The molecule has 0 atom stereocenters. The third-order valence-electron chi connectivity index (χ3n) is 3.32. The molecule has 2 aliphatic rings. The maximum absolute atomic E-state index is 11.4. The summed E-state index contributed by atoms with van der Waals surface area (Å²) in [6, 6.07) is 4.04. The predicted molar refractivity (Wildman–Crippen MR) is 85.4 cm³/mol. The molecule has 0 radical (unpaired) electrons. The molecule has 5 heteroatoms. The summed E-state index contributed by atoms with van der Waals surface area (Å²) in [5.74, 6) is -0.106. The molecule has 1 aromatic heterocycles. The number of carbonyl (C=O) groups excluding carboxylic acids is 2. The van der Waals surface area contributed by atoms with E-state index >= 15 is 0 Å². The fourth-order valence-corrected chi connectivity index (χ4v) is 2.58. The van der Waals surface area contributed by atoms with Gasteiger partial charge in [-0.15, -0.1) is 0 Å². The molecule has 2 fully saturated rings. The Morgan fingerprint density at radius 3 is 2.19 bits per heavy atom. The second-order valence-electron chi connectivity index (χ2n) is 4.73. The Morgan fingerprint density at radius 2 is 1.81 bits per heavy atom. The number of hydrogen-bond acceptors (Lipinski definition) is 4. The van der Waals surface area contributed by atoms with Crippen LogP contribution in [0.15, 0.2) is 22.9 Å². The van der Waals surface area contributed by atoms with Crippen LogP contribution in [0.2, 0.25) is 0 Å². The first-order valence-electron chi connectivity index (χ1n) is 7.75. The van der Waals surface area contributed by atoms with Crippen LogP contribution in [0.5, 0.6) is 0 Å². The van der Waals surface area contributed by atoms with Gasteiger partial charge in [0.05, 0.1) is 0 Å². The van der Waals surface area contributed by atoms with Gasteiger partial charge in [0.25, 0.3) is 0 Å². The molecule has 2 amide bonds. The van der Waals surface area contributed by atoms with Gasteiger partial charge in [-0.1, -0.05) is 32.4 Å². The van der Waals surface area contributed by atoms with Gasteiger partial charge >= 0.3 is 6.09 Å². The molecule has 1 aliphatic heterocycles. The smallest absolute Gasteiger partial charge is 0.416 e. The molecule has 3 rings (SSSR count). The lowest BCUT2D eigenvalue weighted by Gasteiger charge is -2.30. The zero-order valence-electron chi connectivity index (χ0n) is 12.9. The summed E-state index contributed by atoms with van der Waals surface area (Å²) in [6.45, 7) is 4.53. The van der Waals surface area contributed by atoms with E-state index in [0.29, 0.717) is 13.0 Å². The van der Waals surface area contributed by atoms with Gasteiger partial charge in [-0.05, 0) is 36.4 Å². The van der Waals surface area contributed by atoms with E-state index in [1.54, 1.807) is 11.3 Å². The van der Waals surface area contributed by atoms with Gasteiger partial charge in [-0.3, -0.25) is 4.79 Å². The highest BCUT2D eigenvalue weighted by molar-refractivity contribution is 7.07. The zero-order chi connectivity index (χ0) is 15.5. The fraction of sp³-hybridized carbons (Fsp3) is 0.625. The second-order valence-corrected chi connectivity index (χ2v) is 5.55. The standard InChI is InChI=1S/C10H15NO3.C4H4S.C2H6/c12-9-6-7-11(9)10(13)14-8-4-2-1-3-5-8;1-2-4-5-3-1;1-2/h8H,1-7H2;1-4H;1-2H3. The number of nitrogens with zero attached hydrogens (tertiary/aromatic N) is 1. The number of carbonyl (C=O) groups is 2. The number of β-lactam (4-membered cyclic amide) rings is 1. The molecule has 0 spiro atoms. The van der Waals surface area contributed by atoms with Crippen LogP contribution in [0.4, 0.5) is 4.79 Å². The minimum absolute atomic E-state index is 0.0460. The number of thiophene rings is 1. The summed E-state index contributed by atoms with van der Waals surface area (Å²) >= 11 is 1.71. The summed E-state index contributed by atoms with van der Waals surface area (Å²) in [7, 11) is 0. The maximum Gasteiger partial charge on any atom is 0.416 e. The monoisotopic (exact) mass is 311 g/mol. The molecule has 2 heterocycles. The molecule has 1 saturated carbocycles. The summed E-state index contributed by atoms with van der Waals surface area (Å²) in [4.78, 5) is 23.5. The molecule has 1 aliphatic carbocycles. The van der Waals surface area contributed by atoms with Crippen molar-refractivity contribution >= 4 is 23.3 Å². The lowest BCUT2D eigenvalue weighted by Crippen LogP contribution is -2.48. The van der Waals surface area contributed by atoms with Gasteiger partial charge in [0.15, 0.2) is 0 Å². The van der Waals surface area contributed by atoms with Crippen molar-refractivity contribution < 1.29 is 14.3 Å². The Labute approximate surface area is 131 Å². The minimum Gasteiger partial charge on any atom is -0.446 e. The van der Waals surface area contributed by atoms with Gasteiger partial charge in [0.1, 0.15) is 6.10 Å². The third kappa shape index (κ3) is 6.29. The topological polar surface area (TPSA) is 46.6 Å². The van der Waals surface area contributed by atoms with Gasteiger partial charge in [0, 0.05) is 13.0 Å². The Balaban J connectivity index is 0.000000263. The number of hydrogen-bond donors (Lipinski definition) is 0. The molecule has 0 bridgehead atoms. The quantitative estimate of drug-likeness (QED) is 0.719. The highest BCUT2D eigenvalue weighted by Gasteiger charge is 2.32. The van der Waals surface area contributed by atoms with Crippen LogP contribution in [-0.4, -0.2) is 29.5 Å². The Hall–Kier alpha value is -1.36. The molecule has 21 heavy (non-hydrogen) atoms. The number of imide groups is 1. The molecule has 0 unspecified atom stereocenters. The average Bonchev–Trinajstić information content (AvgIpc) is 3.08. The Bertz CT molecular complexity index is 382. The third-order valence-corrected chi connectivity index (χ3v) is 3.94. The van der Waals surface area contributed by atoms with Crippen molar-refractivity contribution in [3.63, 3.8) is 0 Å². The van der Waals surface area contributed by atoms with Crippen molar-refractivity contribution in [3.8, 4) is 0 Å². The SMILES string of the molecule is CC.O=C1CCN1C(=O)OC1CCCCC1.c1ccsc1. The van der Waals surface area contributed by atoms with E-state index in [2.05, 4.69) is 0 Å². The van der Waals surface area contributed by atoms with E-state index < -0.39 is 6.09 Å². The second kappa shape index (κ2) is 10.4. The largest absolute Gasteiger partial charge is 0.446 e. The molecule has 1 aromatic rings. The minimum atomic E-state index is -0.437. The average molecular weight is 311 g/mol. The maximum atomic E-state index is 11.4. The highest BCUT2D eigenvalue weighted by Crippen LogP contribution is 2.22. The number of amides is 2. The Kier molecular flexibility index (Phi) is 8.74. The first-order valence-corrected chi connectivity index (χ1v) is 8.70. The highest BCUT2D eigenvalue weighted by atomic mass is 32.1. The molecular weight excluding hydrogens is 286 g/mol. The van der Waals surface area contributed by atoms with Crippen molar-refractivity contribution in [2.45, 2.75) is 58.5 Å². The Morgan fingerprint density at radius 1 is 1.19 bits per heavy atom. The zero-order valence-corrected chi connectivity index (χ0v) is 13.7. The predicted octanol–water partition coefficient (Wildman–Crippen LogP) is 4.46. The first kappa shape index (κ1) is 17.7. The normalized spacial score (nSPS) is 17.6. The summed E-state index contributed by atoms with van der Waals surface area (Å²) < 4.78 is 5.23. The van der Waals surface area contributed by atoms with Crippen molar-refractivity contribution in [2.75, 3.05) is 6.54 Å². The number of likely N-dealkylation sites (tertiary alicyclic amines) is 1. The molecular formula is C16H25NO3S. The van der Waals surface area contributed by atoms with Crippen LogP contribution >= 0.6 is 11.3 Å². The van der Waals surface area contributed by atoms with E-state index in [-0.39, 0.29) is 12.0 Å². The van der Waals surface area contributed by atoms with E-state index in [0.717, 1.165) is 25.7 Å². The molecule has 0 aromatic carbocycles. The van der Waals surface area contributed by atoms with E-state index in [1.807, 2.05) is 36.7 Å². The lowest BCUT2D eigenvalue weighted by molar-refractivity contribution is -0.137. The van der Waals surface area contributed by atoms with Crippen molar-refractivity contribution in [2.24, 2.45) is 0 Å². The van der Waals surface area contributed by atoms with E-state index in [1.165, 1.54) is 11.3 Å². The summed E-state index contributed by atoms with van der Waals surface area (Å²) in [5.41, 5.74) is 0. The fourth-order valence-electron chi connectivity index (χ4n) is 2.12. The van der Waals surface area contributed by atoms with E-state index in [9.17, 15) is 9.59 Å². The number of rotatable bonds is 1. The van der Waals surface area contributed by atoms with Crippen LogP contribution in [0.3, 0.4) is 0 Å². The summed E-state index contributed by atoms with van der Waals surface area (Å²) in [6.07, 6.45) is 5.49. The van der Waals surface area contributed by atoms with Crippen LogP contribution in [-0.2, 0) is 9.53 Å². The van der Waals surface area contributed by atoms with Gasteiger partial charge in [-0.25, -0.2) is 9.69 Å². The lowest BCUT2D eigenvalue weighted by atomic mass is 9.98. The van der Waals surface area contributed by atoms with Gasteiger partial charge in [0.2, 0.25) is 5.91 Å². The first-order chi connectivity index (χ1) is 10.3. The van der Waals surface area contributed by atoms with Crippen LogP contribution in [0.25, 0.3) is 0 Å². The van der Waals surface area contributed by atoms with Crippen molar-refractivity contribution in [1.29, 1.82) is 0 Å². The van der Waals surface area contributed by atoms with Gasteiger partial charge in [-0.2, -0.15) is 11.3 Å². The van der Waals surface area contributed by atoms with E-state index in [4.69, 9.17) is 4.74 Å². The van der Waals surface area contributed by atoms with Crippen LogP contribution in [0.1, 0.15) is 52.4 Å². The molecule has 4 nitrogen and oxygen atoms in total.